The first kappa shape index (κ1) is 22.0. The Balaban J connectivity index is 1.50. The number of esters is 1. The van der Waals surface area contributed by atoms with Gasteiger partial charge in [0.2, 0.25) is 0 Å². The molecule has 2 heterocycles. The summed E-state index contributed by atoms with van der Waals surface area (Å²) in [5.41, 5.74) is 0.510. The van der Waals surface area contributed by atoms with Crippen molar-refractivity contribution in [3.05, 3.63) is 46.7 Å². The van der Waals surface area contributed by atoms with Gasteiger partial charge in [0, 0.05) is 5.39 Å². The molecular formula is C23H23FN4O3S. The van der Waals surface area contributed by atoms with Crippen molar-refractivity contribution in [3.63, 3.8) is 0 Å². The highest BCUT2D eigenvalue weighted by Gasteiger charge is 2.35. The van der Waals surface area contributed by atoms with Gasteiger partial charge in [0.15, 0.2) is 6.10 Å². The Morgan fingerprint density at radius 2 is 1.97 bits per heavy atom. The fourth-order valence-corrected chi connectivity index (χ4v) is 5.00. The molecule has 1 unspecified atom stereocenters. The van der Waals surface area contributed by atoms with Crippen LogP contribution in [0, 0.1) is 24.1 Å². The van der Waals surface area contributed by atoms with Crippen LogP contribution in [-0.2, 0) is 9.53 Å². The van der Waals surface area contributed by atoms with Crippen LogP contribution < -0.4 is 5.32 Å². The van der Waals surface area contributed by atoms with Crippen molar-refractivity contribution in [1.29, 1.82) is 5.26 Å². The predicted octanol–water partition coefficient (Wildman–Crippen LogP) is 4.42. The number of ether oxygens (including phenoxy) is 1. The van der Waals surface area contributed by atoms with Crippen molar-refractivity contribution in [2.45, 2.75) is 57.6 Å². The van der Waals surface area contributed by atoms with Gasteiger partial charge in [0.1, 0.15) is 21.1 Å². The van der Waals surface area contributed by atoms with E-state index >= 15 is 0 Å². The van der Waals surface area contributed by atoms with E-state index in [4.69, 9.17) is 4.74 Å². The molecule has 32 heavy (non-hydrogen) atoms. The molecule has 0 aliphatic heterocycles. The SMILES string of the molecule is Cc1nn(-c2ccc(F)cc2)c2sc(C(=O)OC(C)C(=O)NC3(C#N)CCCCC3)cc12. The lowest BCUT2D eigenvalue weighted by molar-refractivity contribution is -0.130. The van der Waals surface area contributed by atoms with E-state index in [1.165, 1.54) is 30.4 Å². The summed E-state index contributed by atoms with van der Waals surface area (Å²) in [7, 11) is 0. The second-order valence-corrected chi connectivity index (χ2v) is 9.13. The Hall–Kier alpha value is -3.25. The van der Waals surface area contributed by atoms with Crippen molar-refractivity contribution in [2.75, 3.05) is 0 Å². The maximum Gasteiger partial charge on any atom is 0.349 e. The molecule has 1 saturated carbocycles. The highest BCUT2D eigenvalue weighted by Crippen LogP contribution is 2.31. The summed E-state index contributed by atoms with van der Waals surface area (Å²) in [4.78, 5) is 26.4. The molecule has 1 aliphatic carbocycles. The Labute approximate surface area is 188 Å². The second-order valence-electron chi connectivity index (χ2n) is 8.09. The zero-order valence-electron chi connectivity index (χ0n) is 17.9. The van der Waals surface area contributed by atoms with Crippen LogP contribution in [0.1, 0.15) is 54.4 Å². The minimum absolute atomic E-state index is 0.337. The molecule has 0 spiro atoms. The van der Waals surface area contributed by atoms with Crippen LogP contribution in [0.4, 0.5) is 4.39 Å². The van der Waals surface area contributed by atoms with Crippen molar-refractivity contribution in [3.8, 4) is 11.8 Å². The highest BCUT2D eigenvalue weighted by atomic mass is 32.1. The van der Waals surface area contributed by atoms with Gasteiger partial charge in [0.05, 0.1) is 17.5 Å². The van der Waals surface area contributed by atoms with Crippen LogP contribution in [-0.4, -0.2) is 33.3 Å². The van der Waals surface area contributed by atoms with Gasteiger partial charge in [-0.3, -0.25) is 4.79 Å². The molecule has 3 aromatic rings. The fraction of sp³-hybridized carbons (Fsp3) is 0.391. The lowest BCUT2D eigenvalue weighted by Crippen LogP contribution is -2.52. The molecule has 1 N–H and O–H groups in total. The number of aryl methyl sites for hydroxylation is 1. The van der Waals surface area contributed by atoms with Gasteiger partial charge in [-0.1, -0.05) is 19.3 Å². The summed E-state index contributed by atoms with van der Waals surface area (Å²) in [6.07, 6.45) is 2.98. The van der Waals surface area contributed by atoms with Gasteiger partial charge in [-0.05, 0) is 57.0 Å². The minimum atomic E-state index is -1.03. The predicted molar refractivity (Wildman–Crippen MR) is 118 cm³/mol. The maximum absolute atomic E-state index is 13.3. The number of carbonyl (C=O) groups excluding carboxylic acids is 2. The molecule has 1 fully saturated rings. The van der Waals surface area contributed by atoms with E-state index in [0.717, 1.165) is 35.2 Å². The normalized spacial score (nSPS) is 16.3. The summed E-state index contributed by atoms with van der Waals surface area (Å²) in [5, 5.41) is 17.6. The number of hydrogen-bond donors (Lipinski definition) is 1. The first-order chi connectivity index (χ1) is 15.3. The number of nitrogens with zero attached hydrogens (tertiary/aromatic N) is 3. The molecular weight excluding hydrogens is 431 g/mol. The van der Waals surface area contributed by atoms with Crippen LogP contribution in [0.25, 0.3) is 15.9 Å². The number of thiophene rings is 1. The topological polar surface area (TPSA) is 97.0 Å². The summed E-state index contributed by atoms with van der Waals surface area (Å²) >= 11 is 1.19. The molecule has 0 bridgehead atoms. The van der Waals surface area contributed by atoms with E-state index in [2.05, 4.69) is 16.5 Å². The van der Waals surface area contributed by atoms with Gasteiger partial charge in [-0.25, -0.2) is 13.9 Å². The van der Waals surface area contributed by atoms with E-state index in [1.54, 1.807) is 22.9 Å². The number of amides is 1. The van der Waals surface area contributed by atoms with Crippen LogP contribution >= 0.6 is 11.3 Å². The van der Waals surface area contributed by atoms with Gasteiger partial charge < -0.3 is 10.1 Å². The van der Waals surface area contributed by atoms with E-state index in [9.17, 15) is 19.2 Å². The van der Waals surface area contributed by atoms with Crippen molar-refractivity contribution >= 4 is 33.4 Å². The van der Waals surface area contributed by atoms with Crippen LogP contribution in [0.5, 0.6) is 0 Å². The highest BCUT2D eigenvalue weighted by molar-refractivity contribution is 7.20. The van der Waals surface area contributed by atoms with Gasteiger partial charge >= 0.3 is 5.97 Å². The maximum atomic E-state index is 13.3. The third kappa shape index (κ3) is 4.23. The second kappa shape index (κ2) is 8.71. The van der Waals surface area contributed by atoms with E-state index < -0.39 is 23.5 Å². The lowest BCUT2D eigenvalue weighted by Gasteiger charge is -2.32. The summed E-state index contributed by atoms with van der Waals surface area (Å²) in [6, 6.07) is 9.84. The minimum Gasteiger partial charge on any atom is -0.448 e. The average molecular weight is 455 g/mol. The molecule has 0 saturated heterocycles. The van der Waals surface area contributed by atoms with Gasteiger partial charge in [-0.2, -0.15) is 10.4 Å². The first-order valence-electron chi connectivity index (χ1n) is 10.5. The zero-order chi connectivity index (χ0) is 22.9. The molecule has 4 rings (SSSR count). The number of hydrogen-bond acceptors (Lipinski definition) is 6. The Bertz CT molecular complexity index is 1200. The molecule has 1 atom stereocenters. The lowest BCUT2D eigenvalue weighted by atomic mass is 9.83. The molecule has 1 aliphatic rings. The van der Waals surface area contributed by atoms with E-state index in [-0.39, 0.29) is 5.82 Å². The number of halogens is 1. The average Bonchev–Trinajstić information content (AvgIpc) is 3.36. The monoisotopic (exact) mass is 454 g/mol. The Morgan fingerprint density at radius 1 is 1.28 bits per heavy atom. The number of rotatable bonds is 5. The molecule has 1 aromatic carbocycles. The largest absolute Gasteiger partial charge is 0.448 e. The summed E-state index contributed by atoms with van der Waals surface area (Å²) in [6.45, 7) is 3.33. The number of nitrogens with one attached hydrogen (secondary N) is 1. The molecule has 7 nitrogen and oxygen atoms in total. The van der Waals surface area contributed by atoms with Crippen molar-refractivity contribution < 1.29 is 18.7 Å². The first-order valence-corrected chi connectivity index (χ1v) is 11.3. The summed E-state index contributed by atoms with van der Waals surface area (Å²) in [5.74, 6) is -1.44. The molecule has 0 radical (unpaired) electrons. The van der Waals surface area contributed by atoms with E-state index in [0.29, 0.717) is 23.4 Å². The van der Waals surface area contributed by atoms with Crippen LogP contribution in [0.15, 0.2) is 30.3 Å². The standard InChI is InChI=1S/C23H23FN4O3S/c1-14-18-12-19(32-21(18)28(27-14)17-8-6-16(24)7-9-17)22(30)31-15(2)20(29)26-23(13-25)10-4-3-5-11-23/h6-9,12,15H,3-5,10-11H2,1-2H3,(H,26,29). The molecule has 1 amide bonds. The molecule has 166 valence electrons. The van der Waals surface area contributed by atoms with Crippen molar-refractivity contribution in [1.82, 2.24) is 15.1 Å². The van der Waals surface area contributed by atoms with E-state index in [1.807, 2.05) is 6.92 Å². The number of benzene rings is 1. The zero-order valence-corrected chi connectivity index (χ0v) is 18.7. The third-order valence-corrected chi connectivity index (χ3v) is 6.84. The van der Waals surface area contributed by atoms with Gasteiger partial charge in [-0.15, -0.1) is 11.3 Å². The fourth-order valence-electron chi connectivity index (χ4n) is 3.93. The smallest absolute Gasteiger partial charge is 0.349 e. The quantitative estimate of drug-likeness (QED) is 0.576. The molecule has 9 heteroatoms. The van der Waals surface area contributed by atoms with Gasteiger partial charge in [0.25, 0.3) is 5.91 Å². The number of carbonyl (C=O) groups is 2. The number of aromatic nitrogens is 2. The summed E-state index contributed by atoms with van der Waals surface area (Å²) < 4.78 is 20.3. The van der Waals surface area contributed by atoms with Crippen LogP contribution in [0.2, 0.25) is 0 Å². The Kier molecular flexibility index (Phi) is 5.98. The third-order valence-electron chi connectivity index (χ3n) is 5.75. The molecule has 2 aromatic heterocycles. The van der Waals surface area contributed by atoms with Crippen molar-refractivity contribution in [2.24, 2.45) is 0 Å². The van der Waals surface area contributed by atoms with Crippen LogP contribution in [0.3, 0.4) is 0 Å². The Morgan fingerprint density at radius 3 is 2.62 bits per heavy atom. The number of nitriles is 1. The number of fused-ring (bicyclic) bond motifs is 1.